The molecule has 0 unspecified atom stereocenters. The Hall–Kier alpha value is -3.00. The SMILES string of the molecule is COc1cccc(CN(C)Cc2nc(-c3ccccc3OC(F)F)no2)c1. The molecule has 0 amide bonds. The summed E-state index contributed by atoms with van der Waals surface area (Å²) in [4.78, 5) is 6.29. The standard InChI is InChI=1S/C19H19F2N3O3/c1-24(11-13-6-5-7-14(10-13)25-2)12-17-22-18(23-27-17)15-8-3-4-9-16(15)26-19(20)21/h3-10,19H,11-12H2,1-2H3. The molecule has 1 aromatic heterocycles. The first-order valence-electron chi connectivity index (χ1n) is 8.23. The third-order valence-corrected chi connectivity index (χ3v) is 3.80. The van der Waals surface area contributed by atoms with Crippen molar-refractivity contribution in [2.75, 3.05) is 14.2 Å². The number of halogens is 2. The molecule has 8 heteroatoms. The number of aromatic nitrogens is 2. The highest BCUT2D eigenvalue weighted by Gasteiger charge is 2.16. The van der Waals surface area contributed by atoms with Crippen molar-refractivity contribution in [1.82, 2.24) is 15.0 Å². The van der Waals surface area contributed by atoms with Crippen LogP contribution in [0, 0.1) is 0 Å². The van der Waals surface area contributed by atoms with Crippen LogP contribution in [0.15, 0.2) is 53.1 Å². The summed E-state index contributed by atoms with van der Waals surface area (Å²) in [6.45, 7) is -1.87. The van der Waals surface area contributed by atoms with E-state index in [4.69, 9.17) is 9.26 Å². The van der Waals surface area contributed by atoms with E-state index in [1.807, 2.05) is 36.2 Å². The fourth-order valence-electron chi connectivity index (χ4n) is 2.65. The molecule has 0 fully saturated rings. The predicted molar refractivity (Wildman–Crippen MR) is 94.5 cm³/mol. The predicted octanol–water partition coefficient (Wildman–Crippen LogP) is 3.98. The molecular formula is C19H19F2N3O3. The first-order chi connectivity index (χ1) is 13.0. The second-order valence-electron chi connectivity index (χ2n) is 5.91. The van der Waals surface area contributed by atoms with Crippen LogP contribution in [0.4, 0.5) is 8.78 Å². The molecule has 1 heterocycles. The average molecular weight is 375 g/mol. The van der Waals surface area contributed by atoms with Gasteiger partial charge in [-0.05, 0) is 36.9 Å². The molecule has 3 aromatic rings. The van der Waals surface area contributed by atoms with Gasteiger partial charge in [0, 0.05) is 6.54 Å². The quantitative estimate of drug-likeness (QED) is 0.594. The molecule has 2 aromatic carbocycles. The molecule has 3 rings (SSSR count). The Kier molecular flexibility index (Phi) is 5.97. The summed E-state index contributed by atoms with van der Waals surface area (Å²) >= 11 is 0. The topological polar surface area (TPSA) is 60.6 Å². The maximum Gasteiger partial charge on any atom is 0.387 e. The summed E-state index contributed by atoms with van der Waals surface area (Å²) in [5.41, 5.74) is 1.43. The molecule has 142 valence electrons. The zero-order valence-corrected chi connectivity index (χ0v) is 14.9. The lowest BCUT2D eigenvalue weighted by molar-refractivity contribution is -0.0494. The number of nitrogens with zero attached hydrogens (tertiary/aromatic N) is 3. The minimum atomic E-state index is -2.92. The smallest absolute Gasteiger partial charge is 0.387 e. The maximum atomic E-state index is 12.6. The highest BCUT2D eigenvalue weighted by molar-refractivity contribution is 5.63. The molecule has 0 atom stereocenters. The van der Waals surface area contributed by atoms with Crippen LogP contribution in [0.1, 0.15) is 11.5 Å². The summed E-state index contributed by atoms with van der Waals surface area (Å²) in [6, 6.07) is 14.1. The molecule has 0 bridgehead atoms. The zero-order valence-electron chi connectivity index (χ0n) is 14.9. The van der Waals surface area contributed by atoms with Gasteiger partial charge in [0.1, 0.15) is 11.5 Å². The first-order valence-corrected chi connectivity index (χ1v) is 8.23. The van der Waals surface area contributed by atoms with Gasteiger partial charge < -0.3 is 14.0 Å². The second-order valence-corrected chi connectivity index (χ2v) is 5.91. The van der Waals surface area contributed by atoms with Gasteiger partial charge in [-0.15, -0.1) is 0 Å². The van der Waals surface area contributed by atoms with E-state index in [1.54, 1.807) is 25.3 Å². The van der Waals surface area contributed by atoms with E-state index in [2.05, 4.69) is 14.9 Å². The fourth-order valence-corrected chi connectivity index (χ4v) is 2.65. The van der Waals surface area contributed by atoms with Gasteiger partial charge in [0.25, 0.3) is 0 Å². The summed E-state index contributed by atoms with van der Waals surface area (Å²) in [7, 11) is 3.54. The van der Waals surface area contributed by atoms with Gasteiger partial charge in [-0.1, -0.05) is 29.4 Å². The van der Waals surface area contributed by atoms with Crippen LogP contribution in [-0.2, 0) is 13.1 Å². The van der Waals surface area contributed by atoms with Crippen molar-refractivity contribution in [3.8, 4) is 22.9 Å². The van der Waals surface area contributed by atoms with Crippen molar-refractivity contribution in [2.45, 2.75) is 19.7 Å². The molecule has 0 saturated carbocycles. The molecule has 6 nitrogen and oxygen atoms in total. The third kappa shape index (κ3) is 5.01. The number of benzene rings is 2. The van der Waals surface area contributed by atoms with Gasteiger partial charge in [-0.2, -0.15) is 13.8 Å². The number of alkyl halides is 2. The number of rotatable bonds is 8. The van der Waals surface area contributed by atoms with E-state index in [-0.39, 0.29) is 11.6 Å². The van der Waals surface area contributed by atoms with Crippen molar-refractivity contribution < 1.29 is 22.8 Å². The largest absolute Gasteiger partial charge is 0.497 e. The number of ether oxygens (including phenoxy) is 2. The van der Waals surface area contributed by atoms with Crippen molar-refractivity contribution in [2.24, 2.45) is 0 Å². The third-order valence-electron chi connectivity index (χ3n) is 3.80. The monoisotopic (exact) mass is 375 g/mol. The van der Waals surface area contributed by atoms with E-state index in [1.165, 1.54) is 6.07 Å². The lowest BCUT2D eigenvalue weighted by atomic mass is 10.2. The number of hydrogen-bond donors (Lipinski definition) is 0. The molecule has 0 spiro atoms. The number of para-hydroxylation sites is 1. The lowest BCUT2D eigenvalue weighted by Gasteiger charge is -2.14. The van der Waals surface area contributed by atoms with Gasteiger partial charge in [-0.25, -0.2) is 0 Å². The Labute approximate surface area is 155 Å². The van der Waals surface area contributed by atoms with Crippen molar-refractivity contribution >= 4 is 0 Å². The second kappa shape index (κ2) is 8.59. The Morgan fingerprint density at radius 2 is 1.93 bits per heavy atom. The highest BCUT2D eigenvalue weighted by Crippen LogP contribution is 2.29. The summed E-state index contributed by atoms with van der Waals surface area (Å²) in [6.07, 6.45) is 0. The van der Waals surface area contributed by atoms with Crippen LogP contribution < -0.4 is 9.47 Å². The highest BCUT2D eigenvalue weighted by atomic mass is 19.3. The Morgan fingerprint density at radius 1 is 1.11 bits per heavy atom. The molecule has 0 aliphatic rings. The van der Waals surface area contributed by atoms with Crippen LogP contribution in [0.2, 0.25) is 0 Å². The minimum Gasteiger partial charge on any atom is -0.497 e. The van der Waals surface area contributed by atoms with Crippen molar-refractivity contribution in [3.05, 3.63) is 60.0 Å². The average Bonchev–Trinajstić information content (AvgIpc) is 3.10. The molecule has 27 heavy (non-hydrogen) atoms. The Morgan fingerprint density at radius 3 is 2.70 bits per heavy atom. The van der Waals surface area contributed by atoms with Crippen LogP contribution in [0.3, 0.4) is 0 Å². The van der Waals surface area contributed by atoms with E-state index in [0.717, 1.165) is 11.3 Å². The normalized spacial score (nSPS) is 11.2. The summed E-state index contributed by atoms with van der Waals surface area (Å²) in [5, 5.41) is 3.88. The van der Waals surface area contributed by atoms with Crippen LogP contribution in [0.25, 0.3) is 11.4 Å². The molecule has 0 radical (unpaired) electrons. The van der Waals surface area contributed by atoms with Crippen molar-refractivity contribution in [3.63, 3.8) is 0 Å². The number of hydrogen-bond acceptors (Lipinski definition) is 6. The van der Waals surface area contributed by atoms with Gasteiger partial charge in [-0.3, -0.25) is 4.90 Å². The minimum absolute atomic E-state index is 0.00425. The van der Waals surface area contributed by atoms with E-state index < -0.39 is 6.61 Å². The van der Waals surface area contributed by atoms with E-state index in [9.17, 15) is 8.78 Å². The molecule has 0 N–H and O–H groups in total. The maximum absolute atomic E-state index is 12.6. The first kappa shape index (κ1) is 18.8. The summed E-state index contributed by atoms with van der Waals surface area (Å²) < 4.78 is 40.1. The lowest BCUT2D eigenvalue weighted by Crippen LogP contribution is -2.17. The van der Waals surface area contributed by atoms with E-state index in [0.29, 0.717) is 24.5 Å². The van der Waals surface area contributed by atoms with E-state index >= 15 is 0 Å². The summed E-state index contributed by atoms with van der Waals surface area (Å²) in [5.74, 6) is 1.37. The van der Waals surface area contributed by atoms with Gasteiger partial charge in [0.05, 0.1) is 19.2 Å². The molecular weight excluding hydrogens is 356 g/mol. The molecule has 0 saturated heterocycles. The number of methoxy groups -OCH3 is 1. The molecule has 0 aliphatic carbocycles. The van der Waals surface area contributed by atoms with Crippen LogP contribution >= 0.6 is 0 Å². The Balaban J connectivity index is 1.69. The van der Waals surface area contributed by atoms with Gasteiger partial charge in [0.15, 0.2) is 0 Å². The van der Waals surface area contributed by atoms with Gasteiger partial charge in [0.2, 0.25) is 11.7 Å². The molecule has 0 aliphatic heterocycles. The zero-order chi connectivity index (χ0) is 19.2. The van der Waals surface area contributed by atoms with Crippen LogP contribution in [0.5, 0.6) is 11.5 Å². The van der Waals surface area contributed by atoms with Crippen LogP contribution in [-0.4, -0.2) is 35.8 Å². The van der Waals surface area contributed by atoms with Gasteiger partial charge >= 0.3 is 6.61 Å². The Bertz CT molecular complexity index is 886. The van der Waals surface area contributed by atoms with Crippen molar-refractivity contribution in [1.29, 1.82) is 0 Å². The fraction of sp³-hybridized carbons (Fsp3) is 0.263.